The van der Waals surface area contributed by atoms with Crippen LogP contribution in [-0.2, 0) is 4.79 Å². The van der Waals surface area contributed by atoms with E-state index in [0.29, 0.717) is 19.6 Å². The summed E-state index contributed by atoms with van der Waals surface area (Å²) in [5.41, 5.74) is 0. The Hall–Kier alpha value is -1.26. The molecule has 1 atom stereocenters. The molecule has 0 saturated carbocycles. The molecule has 0 aromatic carbocycles. The third kappa shape index (κ3) is 2.61. The molecule has 2 amide bonds. The van der Waals surface area contributed by atoms with Crippen LogP contribution in [0.2, 0.25) is 0 Å². The van der Waals surface area contributed by atoms with Crippen LogP contribution in [-0.4, -0.2) is 52.6 Å². The molecule has 1 fully saturated rings. The second kappa shape index (κ2) is 4.51. The number of amides is 2. The van der Waals surface area contributed by atoms with Crippen LogP contribution in [0, 0.1) is 5.92 Å². The smallest absolute Gasteiger partial charge is 0.407 e. The van der Waals surface area contributed by atoms with Crippen molar-refractivity contribution in [2.75, 3.05) is 19.6 Å². The van der Waals surface area contributed by atoms with Gasteiger partial charge in [0.1, 0.15) is 0 Å². The molecule has 1 N–H and O–H groups in total. The summed E-state index contributed by atoms with van der Waals surface area (Å²) in [4.78, 5) is 25.6. The van der Waals surface area contributed by atoms with E-state index in [1.165, 1.54) is 4.90 Å². The average Bonchev–Trinajstić information content (AvgIpc) is 2.15. The first kappa shape index (κ1) is 11.8. The molecule has 0 spiro atoms. The second-order valence-corrected chi connectivity index (χ2v) is 4.26. The summed E-state index contributed by atoms with van der Waals surface area (Å²) in [6, 6.07) is -0.112. The predicted molar refractivity (Wildman–Crippen MR) is 55.6 cm³/mol. The van der Waals surface area contributed by atoms with Crippen molar-refractivity contribution in [3.05, 3.63) is 0 Å². The Kier molecular flexibility index (Phi) is 3.55. The van der Waals surface area contributed by atoms with Crippen LogP contribution >= 0.6 is 0 Å². The Balaban J connectivity index is 2.58. The number of carbonyl (C=O) groups is 2. The molecule has 1 saturated heterocycles. The molecule has 86 valence electrons. The molecule has 5 nitrogen and oxygen atoms in total. The number of carboxylic acid groups (broad SMARTS) is 1. The van der Waals surface area contributed by atoms with Crippen molar-refractivity contribution in [2.24, 2.45) is 5.92 Å². The molecule has 0 aromatic rings. The standard InChI is InChI=1S/C10H18N2O3/c1-7(2)9(13)11-4-5-12(10(14)15)8(3)6-11/h7-8H,4-6H2,1-3H3,(H,14,15). The normalized spacial score (nSPS) is 22.0. The third-order valence-corrected chi connectivity index (χ3v) is 2.68. The molecule has 1 aliphatic heterocycles. The van der Waals surface area contributed by atoms with E-state index in [0.717, 1.165) is 0 Å². The van der Waals surface area contributed by atoms with Crippen LogP contribution in [0.15, 0.2) is 0 Å². The van der Waals surface area contributed by atoms with Gasteiger partial charge in [0.25, 0.3) is 0 Å². The summed E-state index contributed by atoms with van der Waals surface area (Å²) in [7, 11) is 0. The van der Waals surface area contributed by atoms with Crippen molar-refractivity contribution in [3.63, 3.8) is 0 Å². The zero-order valence-corrected chi connectivity index (χ0v) is 9.43. The van der Waals surface area contributed by atoms with Crippen LogP contribution < -0.4 is 0 Å². The van der Waals surface area contributed by atoms with Crippen LogP contribution in [0.25, 0.3) is 0 Å². The Morgan fingerprint density at radius 3 is 2.33 bits per heavy atom. The van der Waals surface area contributed by atoms with Crippen molar-refractivity contribution < 1.29 is 14.7 Å². The van der Waals surface area contributed by atoms with Gasteiger partial charge in [0.05, 0.1) is 0 Å². The zero-order chi connectivity index (χ0) is 11.6. The maximum absolute atomic E-state index is 11.7. The summed E-state index contributed by atoms with van der Waals surface area (Å²) in [5.74, 6) is 0.0838. The molecule has 5 heteroatoms. The first-order valence-electron chi connectivity index (χ1n) is 5.21. The molecule has 0 bridgehead atoms. The molecule has 1 unspecified atom stereocenters. The summed E-state index contributed by atoms with van der Waals surface area (Å²) in [6.07, 6.45) is -0.904. The topological polar surface area (TPSA) is 60.9 Å². The molecule has 1 aliphatic rings. The summed E-state index contributed by atoms with van der Waals surface area (Å²) in [5, 5.41) is 8.87. The van der Waals surface area contributed by atoms with Crippen molar-refractivity contribution in [2.45, 2.75) is 26.8 Å². The molecule has 15 heavy (non-hydrogen) atoms. The molecular formula is C10H18N2O3. The first-order valence-corrected chi connectivity index (χ1v) is 5.21. The summed E-state index contributed by atoms with van der Waals surface area (Å²) >= 11 is 0. The fraction of sp³-hybridized carbons (Fsp3) is 0.800. The third-order valence-electron chi connectivity index (χ3n) is 2.68. The quantitative estimate of drug-likeness (QED) is 0.704. The maximum atomic E-state index is 11.7. The highest BCUT2D eigenvalue weighted by atomic mass is 16.4. The second-order valence-electron chi connectivity index (χ2n) is 4.26. The lowest BCUT2D eigenvalue weighted by Gasteiger charge is -2.38. The minimum atomic E-state index is -0.904. The minimum Gasteiger partial charge on any atom is -0.465 e. The summed E-state index contributed by atoms with van der Waals surface area (Å²) in [6.45, 7) is 6.97. The molecule has 0 aliphatic carbocycles. The van der Waals surface area contributed by atoms with Crippen molar-refractivity contribution in [1.82, 2.24) is 9.80 Å². The van der Waals surface area contributed by atoms with Gasteiger partial charge in [-0.05, 0) is 6.92 Å². The highest BCUT2D eigenvalue weighted by Gasteiger charge is 2.30. The Morgan fingerprint density at radius 2 is 1.93 bits per heavy atom. The van der Waals surface area contributed by atoms with Crippen LogP contribution in [0.5, 0.6) is 0 Å². The van der Waals surface area contributed by atoms with E-state index in [9.17, 15) is 9.59 Å². The van der Waals surface area contributed by atoms with Gasteiger partial charge in [0.15, 0.2) is 0 Å². The van der Waals surface area contributed by atoms with Crippen molar-refractivity contribution in [1.29, 1.82) is 0 Å². The van der Waals surface area contributed by atoms with Gasteiger partial charge < -0.3 is 14.9 Å². The lowest BCUT2D eigenvalue weighted by molar-refractivity contribution is -0.137. The lowest BCUT2D eigenvalue weighted by Crippen LogP contribution is -2.55. The zero-order valence-electron chi connectivity index (χ0n) is 9.43. The molecule has 0 radical (unpaired) electrons. The highest BCUT2D eigenvalue weighted by Crippen LogP contribution is 2.12. The number of hydrogen-bond donors (Lipinski definition) is 1. The highest BCUT2D eigenvalue weighted by molar-refractivity contribution is 5.78. The van der Waals surface area contributed by atoms with Gasteiger partial charge in [0.2, 0.25) is 5.91 Å². The number of carbonyl (C=O) groups excluding carboxylic acids is 1. The first-order chi connectivity index (χ1) is 6.93. The van der Waals surface area contributed by atoms with Gasteiger partial charge in [-0.2, -0.15) is 0 Å². The van der Waals surface area contributed by atoms with Crippen LogP contribution in [0.3, 0.4) is 0 Å². The molecule has 0 aromatic heterocycles. The average molecular weight is 214 g/mol. The van der Waals surface area contributed by atoms with Gasteiger partial charge in [-0.1, -0.05) is 13.8 Å². The largest absolute Gasteiger partial charge is 0.465 e. The number of hydrogen-bond acceptors (Lipinski definition) is 2. The van der Waals surface area contributed by atoms with Gasteiger partial charge in [0, 0.05) is 31.6 Å². The van der Waals surface area contributed by atoms with Gasteiger partial charge in [-0.25, -0.2) is 4.79 Å². The Labute approximate surface area is 89.7 Å². The Morgan fingerprint density at radius 1 is 1.33 bits per heavy atom. The monoisotopic (exact) mass is 214 g/mol. The van der Waals surface area contributed by atoms with Crippen molar-refractivity contribution in [3.8, 4) is 0 Å². The van der Waals surface area contributed by atoms with Gasteiger partial charge >= 0.3 is 6.09 Å². The molecular weight excluding hydrogens is 196 g/mol. The van der Waals surface area contributed by atoms with Crippen LogP contribution in [0.4, 0.5) is 4.79 Å². The fourth-order valence-electron chi connectivity index (χ4n) is 1.81. The molecule has 1 rings (SSSR count). The summed E-state index contributed by atoms with van der Waals surface area (Å²) < 4.78 is 0. The fourth-order valence-corrected chi connectivity index (χ4v) is 1.81. The van der Waals surface area contributed by atoms with Gasteiger partial charge in [-0.15, -0.1) is 0 Å². The van der Waals surface area contributed by atoms with E-state index < -0.39 is 6.09 Å². The lowest BCUT2D eigenvalue weighted by atomic mass is 10.1. The van der Waals surface area contributed by atoms with E-state index in [1.807, 2.05) is 20.8 Å². The van der Waals surface area contributed by atoms with E-state index in [1.54, 1.807) is 4.90 Å². The van der Waals surface area contributed by atoms with E-state index >= 15 is 0 Å². The van der Waals surface area contributed by atoms with Crippen LogP contribution in [0.1, 0.15) is 20.8 Å². The minimum absolute atomic E-state index is 0.0198. The Bertz CT molecular complexity index is 265. The SMILES string of the molecule is CC(C)C(=O)N1CCN(C(=O)O)C(C)C1. The number of piperazine rings is 1. The van der Waals surface area contributed by atoms with Gasteiger partial charge in [-0.3, -0.25) is 4.79 Å². The predicted octanol–water partition coefficient (Wildman–Crippen LogP) is 0.853. The van der Waals surface area contributed by atoms with E-state index in [-0.39, 0.29) is 17.9 Å². The van der Waals surface area contributed by atoms with Crippen molar-refractivity contribution >= 4 is 12.0 Å². The van der Waals surface area contributed by atoms with E-state index in [2.05, 4.69) is 0 Å². The maximum Gasteiger partial charge on any atom is 0.407 e. The number of rotatable bonds is 1. The molecule has 1 heterocycles. The number of nitrogens with zero attached hydrogens (tertiary/aromatic N) is 2. The van der Waals surface area contributed by atoms with E-state index in [4.69, 9.17) is 5.11 Å².